The summed E-state index contributed by atoms with van der Waals surface area (Å²) in [6.07, 6.45) is 0. The van der Waals surface area contributed by atoms with Gasteiger partial charge in [0, 0.05) is 65.9 Å². The van der Waals surface area contributed by atoms with Crippen molar-refractivity contribution in [2.45, 2.75) is 0 Å². The summed E-state index contributed by atoms with van der Waals surface area (Å²) in [6, 6.07) is 0. The van der Waals surface area contributed by atoms with Gasteiger partial charge in [-0.1, -0.05) is 0 Å². The maximum atomic E-state index is 0. The quantitative estimate of drug-likeness (QED) is 0.492. The molecule has 0 N–H and O–H groups in total. The molecule has 4 heavy (non-hydrogen) atoms. The molecule has 0 rings (SSSR count). The molecule has 0 spiro atoms. The Kier molecular flexibility index (Phi) is 118. The smallest absolute Gasteiger partial charge is 0 e. The minimum absolute atomic E-state index is 0. The van der Waals surface area contributed by atoms with Crippen LogP contribution in [-0.2, 0) is 65.9 Å². The first-order valence-corrected chi connectivity index (χ1v) is 0. The predicted molar refractivity (Wildman–Crippen MR) is 8.54 cm³/mol. The molecule has 0 amide bonds. The first-order valence-electron chi connectivity index (χ1n) is 0. The van der Waals surface area contributed by atoms with Gasteiger partial charge in [0.05, 0.1) is 0 Å². The summed E-state index contributed by atoms with van der Waals surface area (Å²) >= 11 is 0. The van der Waals surface area contributed by atoms with Gasteiger partial charge in [-0.05, 0) is 0 Å². The first kappa shape index (κ1) is 28.2. The molecular weight excluding hydrogens is 355 g/mol. The van der Waals surface area contributed by atoms with Crippen LogP contribution in [0, 0.1) is 0 Å². The summed E-state index contributed by atoms with van der Waals surface area (Å²) in [5.74, 6) is 0. The van der Waals surface area contributed by atoms with Crippen LogP contribution in [-0.4, -0.2) is 23.9 Å². The van der Waals surface area contributed by atoms with Crippen molar-refractivity contribution in [3.05, 3.63) is 0 Å². The fourth-order valence-electron chi connectivity index (χ4n) is 0. The van der Waals surface area contributed by atoms with Crippen molar-refractivity contribution in [2.24, 2.45) is 0 Å². The zero-order valence-electron chi connectivity index (χ0n) is 2.06. The minimum atomic E-state index is 0. The maximum Gasteiger partial charge on any atom is 0 e. The third kappa shape index (κ3) is 8.88. The van der Waals surface area contributed by atoms with E-state index in [1.54, 1.807) is 0 Å². The average Bonchev–Trinajstić information content (AvgIpc) is 0. The molecule has 0 aliphatic heterocycles. The van der Waals surface area contributed by atoms with Gasteiger partial charge in [-0.2, -0.15) is 0 Å². The molecule has 4 heteroatoms. The molecule has 0 bridgehead atoms. The molecule has 21 valence electrons. The third-order valence-corrected chi connectivity index (χ3v) is 0. The van der Waals surface area contributed by atoms with E-state index >= 15 is 0 Å². The SMILES string of the molecule is [Cr].[Nb].[SnH2].[Zr]. The summed E-state index contributed by atoms with van der Waals surface area (Å²) in [4.78, 5) is 0. The van der Waals surface area contributed by atoms with Gasteiger partial charge in [0.15, 0.2) is 0 Å². The van der Waals surface area contributed by atoms with Gasteiger partial charge in [-0.3, -0.25) is 0 Å². The Bertz CT molecular complexity index is 8.00. The second-order valence-corrected chi connectivity index (χ2v) is 0. The summed E-state index contributed by atoms with van der Waals surface area (Å²) in [6.45, 7) is 0. The minimum Gasteiger partial charge on any atom is 0 e. The molecule has 0 saturated heterocycles. The Morgan fingerprint density at radius 2 is 1.00 bits per heavy atom. The van der Waals surface area contributed by atoms with Crippen LogP contribution in [0.15, 0.2) is 0 Å². The van der Waals surface area contributed by atoms with E-state index in [-0.39, 0.29) is 89.9 Å². The van der Waals surface area contributed by atoms with Crippen molar-refractivity contribution in [2.75, 3.05) is 0 Å². The third-order valence-electron chi connectivity index (χ3n) is 0. The van der Waals surface area contributed by atoms with Crippen LogP contribution in [0.5, 0.6) is 0 Å². The van der Waals surface area contributed by atoms with Gasteiger partial charge < -0.3 is 0 Å². The van der Waals surface area contributed by atoms with Crippen molar-refractivity contribution in [1.82, 2.24) is 0 Å². The fourth-order valence-corrected chi connectivity index (χ4v) is 0. The monoisotopic (exact) mass is 357 g/mol. The van der Waals surface area contributed by atoms with Crippen LogP contribution in [0.4, 0.5) is 0 Å². The van der Waals surface area contributed by atoms with Gasteiger partial charge >= 0.3 is 23.9 Å². The summed E-state index contributed by atoms with van der Waals surface area (Å²) in [5.41, 5.74) is 0. The van der Waals surface area contributed by atoms with E-state index in [1.807, 2.05) is 0 Å². The van der Waals surface area contributed by atoms with Gasteiger partial charge in [0.1, 0.15) is 0 Å². The average molecular weight is 357 g/mol. The van der Waals surface area contributed by atoms with Crippen molar-refractivity contribution >= 4 is 23.9 Å². The molecule has 0 fully saturated rings. The molecule has 0 unspecified atom stereocenters. The summed E-state index contributed by atoms with van der Waals surface area (Å²) in [5, 5.41) is 0. The molecule has 0 aromatic carbocycles. The molecule has 3 radical (unpaired) electrons. The topological polar surface area (TPSA) is 0 Å². The molecule has 0 aromatic heterocycles. The van der Waals surface area contributed by atoms with Crippen molar-refractivity contribution in [1.29, 1.82) is 0 Å². The second kappa shape index (κ2) is 16.7. The number of rotatable bonds is 0. The van der Waals surface area contributed by atoms with Gasteiger partial charge in [0.25, 0.3) is 0 Å². The van der Waals surface area contributed by atoms with Crippen LogP contribution in [0.1, 0.15) is 0 Å². The predicted octanol–water partition coefficient (Wildman–Crippen LogP) is -0.924. The standard InChI is InChI=1S/Cr.Nb.Sn.Zr.2H. The first-order chi connectivity index (χ1) is 0. The Morgan fingerprint density at radius 1 is 1.00 bits per heavy atom. The molecular formula is H2CrNbSnZr. The molecule has 0 heterocycles. The van der Waals surface area contributed by atoms with E-state index in [9.17, 15) is 0 Å². The largest absolute Gasteiger partial charge is 0 e. The van der Waals surface area contributed by atoms with Crippen molar-refractivity contribution < 1.29 is 65.9 Å². The van der Waals surface area contributed by atoms with E-state index in [4.69, 9.17) is 0 Å². The van der Waals surface area contributed by atoms with Gasteiger partial charge in [-0.25, -0.2) is 0 Å². The Hall–Kier alpha value is 2.95. The Balaban J connectivity index is 0. The van der Waals surface area contributed by atoms with E-state index in [2.05, 4.69) is 0 Å². The van der Waals surface area contributed by atoms with Gasteiger partial charge in [0.2, 0.25) is 0 Å². The van der Waals surface area contributed by atoms with Crippen LogP contribution >= 0.6 is 0 Å². The van der Waals surface area contributed by atoms with Crippen LogP contribution in [0.25, 0.3) is 0 Å². The van der Waals surface area contributed by atoms with Crippen LogP contribution in [0.3, 0.4) is 0 Å². The van der Waals surface area contributed by atoms with Crippen LogP contribution in [0.2, 0.25) is 0 Å². The van der Waals surface area contributed by atoms with E-state index in [0.717, 1.165) is 0 Å². The zero-order chi connectivity index (χ0) is 0. The zero-order valence-corrected chi connectivity index (χ0v) is 12.0. The van der Waals surface area contributed by atoms with E-state index in [1.165, 1.54) is 0 Å². The van der Waals surface area contributed by atoms with Gasteiger partial charge in [-0.15, -0.1) is 0 Å². The number of hydrogen-bond acceptors (Lipinski definition) is 0. The summed E-state index contributed by atoms with van der Waals surface area (Å²) < 4.78 is 0. The fraction of sp³-hybridized carbons (Fsp3) is 0. The molecule has 0 aliphatic rings. The molecule has 0 saturated carbocycles. The summed E-state index contributed by atoms with van der Waals surface area (Å²) in [7, 11) is 0. The molecule has 0 nitrogen and oxygen atoms in total. The Labute approximate surface area is 88.2 Å². The molecule has 0 aromatic rings. The maximum absolute atomic E-state index is 0. The van der Waals surface area contributed by atoms with Crippen molar-refractivity contribution in [3.8, 4) is 0 Å². The normalized spacial score (nSPS) is 0. The van der Waals surface area contributed by atoms with Crippen molar-refractivity contribution in [3.63, 3.8) is 0 Å². The molecule has 0 atom stereocenters. The van der Waals surface area contributed by atoms with Crippen LogP contribution < -0.4 is 0 Å². The number of hydrogen-bond donors (Lipinski definition) is 0. The molecule has 0 aliphatic carbocycles. The second-order valence-electron chi connectivity index (χ2n) is 0. The van der Waals surface area contributed by atoms with E-state index in [0.29, 0.717) is 0 Å². The van der Waals surface area contributed by atoms with E-state index < -0.39 is 0 Å². The Morgan fingerprint density at radius 3 is 1.00 bits per heavy atom.